The molecule has 0 fully saturated rings. The summed E-state index contributed by atoms with van der Waals surface area (Å²) in [5.41, 5.74) is 6.67. The second kappa shape index (κ2) is 8.85. The van der Waals surface area contributed by atoms with Gasteiger partial charge in [-0.1, -0.05) is 48.5 Å². The van der Waals surface area contributed by atoms with Crippen molar-refractivity contribution in [3.8, 4) is 5.75 Å². The molecule has 1 amide bonds. The Hall–Kier alpha value is -2.33. The van der Waals surface area contributed by atoms with Crippen LogP contribution in [-0.4, -0.2) is 30.5 Å². The Morgan fingerprint density at radius 3 is 2.27 bits per heavy atom. The molecule has 0 aliphatic heterocycles. The van der Waals surface area contributed by atoms with Gasteiger partial charge in [-0.05, 0) is 30.7 Å². The van der Waals surface area contributed by atoms with Crippen LogP contribution in [0.15, 0.2) is 60.7 Å². The van der Waals surface area contributed by atoms with Crippen molar-refractivity contribution in [1.82, 2.24) is 4.90 Å². The van der Waals surface area contributed by atoms with E-state index in [0.29, 0.717) is 25.4 Å². The molecule has 0 atom stereocenters. The zero-order valence-electron chi connectivity index (χ0n) is 12.7. The van der Waals surface area contributed by atoms with Gasteiger partial charge < -0.3 is 15.4 Å². The van der Waals surface area contributed by atoms with E-state index in [9.17, 15) is 4.79 Å². The molecule has 0 aromatic heterocycles. The number of benzene rings is 2. The van der Waals surface area contributed by atoms with Gasteiger partial charge in [0.25, 0.3) is 5.91 Å². The Balaban J connectivity index is 1.93. The van der Waals surface area contributed by atoms with Crippen LogP contribution < -0.4 is 10.5 Å². The molecule has 2 aromatic rings. The lowest BCUT2D eigenvalue weighted by atomic mass is 10.2. The minimum atomic E-state index is -0.0267. The van der Waals surface area contributed by atoms with Gasteiger partial charge in [-0.25, -0.2) is 0 Å². The number of carbonyl (C=O) groups is 1. The summed E-state index contributed by atoms with van der Waals surface area (Å²) in [5.74, 6) is 0.676. The standard InChI is InChI=1S/C18H22N2O2/c19-12-7-13-20(14-16-8-3-1-4-9-16)18(21)15-22-17-10-5-2-6-11-17/h1-6,8-11H,7,12-15,19H2. The van der Waals surface area contributed by atoms with E-state index in [-0.39, 0.29) is 12.5 Å². The molecule has 2 aromatic carbocycles. The van der Waals surface area contributed by atoms with Gasteiger partial charge in [-0.3, -0.25) is 4.79 Å². The first-order valence-corrected chi connectivity index (χ1v) is 7.49. The fourth-order valence-corrected chi connectivity index (χ4v) is 2.13. The minimum Gasteiger partial charge on any atom is -0.484 e. The maximum Gasteiger partial charge on any atom is 0.260 e. The molecule has 0 saturated heterocycles. The Kier molecular flexibility index (Phi) is 6.45. The molecule has 4 nitrogen and oxygen atoms in total. The zero-order valence-corrected chi connectivity index (χ0v) is 12.7. The van der Waals surface area contributed by atoms with E-state index in [4.69, 9.17) is 10.5 Å². The van der Waals surface area contributed by atoms with E-state index in [0.717, 1.165) is 12.0 Å². The van der Waals surface area contributed by atoms with Gasteiger partial charge in [0.15, 0.2) is 6.61 Å². The maximum atomic E-state index is 12.4. The van der Waals surface area contributed by atoms with Crippen LogP contribution in [-0.2, 0) is 11.3 Å². The third-order valence-corrected chi connectivity index (χ3v) is 3.31. The lowest BCUT2D eigenvalue weighted by Gasteiger charge is -2.22. The summed E-state index contributed by atoms with van der Waals surface area (Å²) < 4.78 is 5.54. The van der Waals surface area contributed by atoms with Crippen LogP contribution in [0.3, 0.4) is 0 Å². The average molecular weight is 298 g/mol. The highest BCUT2D eigenvalue weighted by atomic mass is 16.5. The molecule has 2 N–H and O–H groups in total. The topological polar surface area (TPSA) is 55.6 Å². The van der Waals surface area contributed by atoms with Gasteiger partial charge in [0.2, 0.25) is 0 Å². The molecule has 0 saturated carbocycles. The van der Waals surface area contributed by atoms with Gasteiger partial charge in [0.05, 0.1) is 0 Å². The first-order chi connectivity index (χ1) is 10.8. The van der Waals surface area contributed by atoms with Gasteiger partial charge in [0.1, 0.15) is 5.75 Å². The number of nitrogens with zero attached hydrogens (tertiary/aromatic N) is 1. The van der Waals surface area contributed by atoms with Gasteiger partial charge in [-0.2, -0.15) is 0 Å². The molecular weight excluding hydrogens is 276 g/mol. The van der Waals surface area contributed by atoms with Crippen molar-refractivity contribution in [2.75, 3.05) is 19.7 Å². The molecule has 0 spiro atoms. The second-order valence-electron chi connectivity index (χ2n) is 5.04. The molecule has 0 unspecified atom stereocenters. The highest BCUT2D eigenvalue weighted by Crippen LogP contribution is 2.10. The van der Waals surface area contributed by atoms with E-state index in [1.54, 1.807) is 4.90 Å². The van der Waals surface area contributed by atoms with Crippen LogP contribution in [0.1, 0.15) is 12.0 Å². The average Bonchev–Trinajstić information content (AvgIpc) is 2.58. The van der Waals surface area contributed by atoms with Gasteiger partial charge >= 0.3 is 0 Å². The maximum absolute atomic E-state index is 12.4. The summed E-state index contributed by atoms with van der Waals surface area (Å²) in [4.78, 5) is 14.2. The van der Waals surface area contributed by atoms with Crippen LogP contribution in [0.4, 0.5) is 0 Å². The Morgan fingerprint density at radius 2 is 1.64 bits per heavy atom. The van der Waals surface area contributed by atoms with E-state index >= 15 is 0 Å². The molecular formula is C18H22N2O2. The number of nitrogens with two attached hydrogens (primary N) is 1. The van der Waals surface area contributed by atoms with Gasteiger partial charge in [0, 0.05) is 13.1 Å². The first kappa shape index (κ1) is 16.0. The van der Waals surface area contributed by atoms with Crippen molar-refractivity contribution in [1.29, 1.82) is 0 Å². The van der Waals surface area contributed by atoms with Crippen LogP contribution in [0.25, 0.3) is 0 Å². The van der Waals surface area contributed by atoms with Gasteiger partial charge in [-0.15, -0.1) is 0 Å². The molecule has 0 heterocycles. The van der Waals surface area contributed by atoms with E-state index in [1.807, 2.05) is 60.7 Å². The highest BCUT2D eigenvalue weighted by molar-refractivity contribution is 5.77. The van der Waals surface area contributed by atoms with Crippen LogP contribution in [0.2, 0.25) is 0 Å². The van der Waals surface area contributed by atoms with E-state index in [1.165, 1.54) is 0 Å². The van der Waals surface area contributed by atoms with Crippen molar-refractivity contribution < 1.29 is 9.53 Å². The van der Waals surface area contributed by atoms with Crippen molar-refractivity contribution in [3.05, 3.63) is 66.2 Å². The zero-order chi connectivity index (χ0) is 15.6. The number of rotatable bonds is 8. The lowest BCUT2D eigenvalue weighted by Crippen LogP contribution is -2.36. The number of hydrogen-bond acceptors (Lipinski definition) is 3. The van der Waals surface area contributed by atoms with Crippen LogP contribution in [0, 0.1) is 0 Å². The summed E-state index contributed by atoms with van der Waals surface area (Å²) in [6.07, 6.45) is 0.782. The predicted molar refractivity (Wildman–Crippen MR) is 87.5 cm³/mol. The quantitative estimate of drug-likeness (QED) is 0.814. The fourth-order valence-electron chi connectivity index (χ4n) is 2.13. The van der Waals surface area contributed by atoms with Crippen molar-refractivity contribution in [2.24, 2.45) is 5.73 Å². The predicted octanol–water partition coefficient (Wildman–Crippen LogP) is 2.44. The summed E-state index contributed by atoms with van der Waals surface area (Å²) in [7, 11) is 0. The Bertz CT molecular complexity index is 558. The Morgan fingerprint density at radius 1 is 1.00 bits per heavy atom. The first-order valence-electron chi connectivity index (χ1n) is 7.49. The second-order valence-corrected chi connectivity index (χ2v) is 5.04. The summed E-state index contributed by atoms with van der Waals surface area (Å²) in [6, 6.07) is 19.3. The van der Waals surface area contributed by atoms with Crippen molar-refractivity contribution in [2.45, 2.75) is 13.0 Å². The lowest BCUT2D eigenvalue weighted by molar-refractivity contribution is -0.134. The number of carbonyl (C=O) groups excluding carboxylic acids is 1. The summed E-state index contributed by atoms with van der Waals surface area (Å²) in [6.45, 7) is 1.83. The molecule has 4 heteroatoms. The minimum absolute atomic E-state index is 0.0267. The molecule has 116 valence electrons. The molecule has 22 heavy (non-hydrogen) atoms. The van der Waals surface area contributed by atoms with Crippen molar-refractivity contribution >= 4 is 5.91 Å². The molecule has 0 radical (unpaired) electrons. The van der Waals surface area contributed by atoms with Crippen LogP contribution >= 0.6 is 0 Å². The number of amides is 1. The SMILES string of the molecule is NCCCN(Cc1ccccc1)C(=O)COc1ccccc1. The Labute approximate surface area is 131 Å². The molecule has 0 aliphatic carbocycles. The van der Waals surface area contributed by atoms with Crippen LogP contribution in [0.5, 0.6) is 5.75 Å². The third kappa shape index (κ3) is 5.22. The normalized spacial score (nSPS) is 10.2. The molecule has 0 aliphatic rings. The molecule has 2 rings (SSSR count). The number of hydrogen-bond donors (Lipinski definition) is 1. The summed E-state index contributed by atoms with van der Waals surface area (Å²) >= 11 is 0. The fraction of sp³-hybridized carbons (Fsp3) is 0.278. The third-order valence-electron chi connectivity index (χ3n) is 3.31. The highest BCUT2D eigenvalue weighted by Gasteiger charge is 2.14. The smallest absolute Gasteiger partial charge is 0.260 e. The van der Waals surface area contributed by atoms with E-state index < -0.39 is 0 Å². The summed E-state index contributed by atoms with van der Waals surface area (Å²) in [5, 5.41) is 0. The number of para-hydroxylation sites is 1. The number of ether oxygens (including phenoxy) is 1. The van der Waals surface area contributed by atoms with Crippen molar-refractivity contribution in [3.63, 3.8) is 0 Å². The molecule has 0 bridgehead atoms. The largest absolute Gasteiger partial charge is 0.484 e. The monoisotopic (exact) mass is 298 g/mol. The van der Waals surface area contributed by atoms with E-state index in [2.05, 4.69) is 0 Å².